The van der Waals surface area contributed by atoms with Crippen LogP contribution < -0.4 is 0 Å². The Morgan fingerprint density at radius 3 is 1.57 bits per heavy atom. The van der Waals surface area contributed by atoms with E-state index in [2.05, 4.69) is 14.8 Å². The van der Waals surface area contributed by atoms with Crippen LogP contribution in [0.2, 0.25) is 0 Å². The molecular formula is O9S3Sb2. The Kier molecular flexibility index (Phi) is 4.79. The van der Waals surface area contributed by atoms with Crippen LogP contribution in [0.15, 0.2) is 0 Å². The van der Waals surface area contributed by atoms with Gasteiger partial charge in [-0.3, -0.25) is 0 Å². The fourth-order valence-corrected chi connectivity index (χ4v) is 11.1. The van der Waals surface area contributed by atoms with E-state index in [0.29, 0.717) is 0 Å². The van der Waals surface area contributed by atoms with E-state index in [4.69, 9.17) is 0 Å². The second-order valence-electron chi connectivity index (χ2n) is 1.51. The van der Waals surface area contributed by atoms with Gasteiger partial charge in [-0.1, -0.05) is 0 Å². The summed E-state index contributed by atoms with van der Waals surface area (Å²) in [6.45, 7) is 0. The van der Waals surface area contributed by atoms with E-state index in [1.807, 2.05) is 0 Å². The average Bonchev–Trinajstić information content (AvgIpc) is 1.98. The van der Waals surface area contributed by atoms with Crippen molar-refractivity contribution in [3.8, 4) is 0 Å². The molecule has 0 saturated carbocycles. The molecule has 0 aromatic heterocycles. The first-order valence-electron chi connectivity index (χ1n) is 2.60. The predicted octanol–water partition coefficient (Wildman–Crippen LogP) is -2.18. The molecule has 14 heavy (non-hydrogen) atoms. The monoisotopic (exact) mass is 482 g/mol. The van der Waals surface area contributed by atoms with Gasteiger partial charge in [-0.25, -0.2) is 0 Å². The number of rotatable bonds is 4. The number of hydrogen-bond donors (Lipinski definition) is 0. The van der Waals surface area contributed by atoms with Gasteiger partial charge in [0.1, 0.15) is 0 Å². The second kappa shape index (κ2) is 5.45. The van der Waals surface area contributed by atoms with Crippen molar-refractivity contribution in [2.45, 2.75) is 0 Å². The topological polar surface area (TPSA) is 107 Å². The molecule has 2 heterocycles. The molecule has 82 valence electrons. The summed E-state index contributed by atoms with van der Waals surface area (Å²) in [5, 5.41) is 0. The first kappa shape index (κ1) is 12.3. The Morgan fingerprint density at radius 2 is 1.29 bits per heavy atom. The maximum atomic E-state index is 10.9. The Hall–Kier alpha value is 1.85. The molecule has 0 spiro atoms. The van der Waals surface area contributed by atoms with Crippen molar-refractivity contribution in [3.05, 3.63) is 0 Å². The van der Waals surface area contributed by atoms with E-state index in [1.165, 1.54) is 0 Å². The fraction of sp³-hybridized carbons (Fsp3) is 0. The zero-order chi connectivity index (χ0) is 10.1. The van der Waals surface area contributed by atoms with Crippen LogP contribution in [0, 0.1) is 0 Å². The Bertz CT molecular complexity index is 256. The van der Waals surface area contributed by atoms with Gasteiger partial charge >= 0.3 is 104 Å². The van der Waals surface area contributed by atoms with Gasteiger partial charge < -0.3 is 0 Å². The minimum atomic E-state index is -2.97. The SMILES string of the molecule is O=S1[O][Sb]([O]S(=O)[O][Sb]2[O]S(=O)[O]2)[O]1. The number of hydrogen-bond acceptors (Lipinski definition) is 9. The molecule has 9 nitrogen and oxygen atoms in total. The van der Waals surface area contributed by atoms with Crippen LogP contribution in [0.4, 0.5) is 0 Å². The van der Waals surface area contributed by atoms with Crippen molar-refractivity contribution in [1.29, 1.82) is 0 Å². The van der Waals surface area contributed by atoms with E-state index in [-0.39, 0.29) is 0 Å². The standard InChI is InChI=1S/3H2O3S.2Sb/c3*1-4(2)3;;/h3*(H2,1,2,3);;/q;;;2*+3/p-6. The molecule has 0 N–H and O–H groups in total. The molecule has 0 radical (unpaired) electrons. The van der Waals surface area contributed by atoms with Crippen LogP contribution in [-0.4, -0.2) is 55.6 Å². The predicted molar refractivity (Wildman–Crippen MR) is 42.4 cm³/mol. The molecule has 0 aliphatic carbocycles. The average molecular weight is 484 g/mol. The second-order valence-corrected chi connectivity index (χ2v) is 13.8. The molecule has 0 atom stereocenters. The summed E-state index contributed by atoms with van der Waals surface area (Å²) in [6, 6.07) is 0. The van der Waals surface area contributed by atoms with Crippen LogP contribution in [0.3, 0.4) is 0 Å². The summed E-state index contributed by atoms with van der Waals surface area (Å²) in [4.78, 5) is 0. The quantitative estimate of drug-likeness (QED) is 0.413. The van der Waals surface area contributed by atoms with Gasteiger partial charge in [0.15, 0.2) is 0 Å². The summed E-state index contributed by atoms with van der Waals surface area (Å²) in [5.41, 5.74) is 0. The molecule has 2 aliphatic rings. The summed E-state index contributed by atoms with van der Waals surface area (Å²) in [6.07, 6.45) is 0. The minimum absolute atomic E-state index is 1.77. The molecule has 0 unspecified atom stereocenters. The first-order valence-corrected chi connectivity index (χ1v) is 11.8. The summed E-state index contributed by atoms with van der Waals surface area (Å²) >= 11 is -11.6. The summed E-state index contributed by atoms with van der Waals surface area (Å²) in [7, 11) is 0. The normalized spacial score (nSPS) is 26.4. The van der Waals surface area contributed by atoms with Crippen LogP contribution >= 0.6 is 0 Å². The van der Waals surface area contributed by atoms with E-state index < -0.39 is 77.0 Å². The van der Waals surface area contributed by atoms with E-state index in [1.54, 1.807) is 0 Å². The van der Waals surface area contributed by atoms with Gasteiger partial charge in [0, 0.05) is 0 Å². The van der Waals surface area contributed by atoms with Gasteiger partial charge in [0.25, 0.3) is 0 Å². The van der Waals surface area contributed by atoms with Gasteiger partial charge in [0.05, 0.1) is 0 Å². The van der Waals surface area contributed by atoms with Gasteiger partial charge in [-0.05, 0) is 0 Å². The fourth-order valence-electron chi connectivity index (χ4n) is 0.373. The van der Waals surface area contributed by atoms with Crippen molar-refractivity contribution in [2.75, 3.05) is 0 Å². The summed E-state index contributed by atoms with van der Waals surface area (Å²) < 4.78 is 58.5. The molecule has 14 heteroatoms. The molecule has 2 aliphatic heterocycles. The zero-order valence-electron chi connectivity index (χ0n) is 5.79. The van der Waals surface area contributed by atoms with Crippen LogP contribution in [0.5, 0.6) is 0 Å². The summed E-state index contributed by atoms with van der Waals surface area (Å²) in [5.74, 6) is 0. The molecule has 2 fully saturated rings. The van der Waals surface area contributed by atoms with Gasteiger partial charge in [-0.15, -0.1) is 0 Å². The molecule has 0 amide bonds. The van der Waals surface area contributed by atoms with Crippen molar-refractivity contribution in [2.24, 2.45) is 0 Å². The van der Waals surface area contributed by atoms with Crippen LogP contribution in [0.1, 0.15) is 0 Å². The maximum absolute atomic E-state index is 10.9. The Labute approximate surface area is 103 Å². The Balaban J connectivity index is 1.64. The third kappa shape index (κ3) is 3.42. The molecule has 0 aromatic rings. The van der Waals surface area contributed by atoms with Crippen LogP contribution in [-0.2, 0) is 48.9 Å². The first-order chi connectivity index (χ1) is 6.63. The third-order valence-corrected chi connectivity index (χ3v) is 14.7. The van der Waals surface area contributed by atoms with Gasteiger partial charge in [0.2, 0.25) is 0 Å². The van der Waals surface area contributed by atoms with Crippen molar-refractivity contribution in [1.82, 2.24) is 0 Å². The van der Waals surface area contributed by atoms with Crippen LogP contribution in [0.25, 0.3) is 0 Å². The zero-order valence-corrected chi connectivity index (χ0v) is 13.3. The molecule has 0 aromatic carbocycles. The van der Waals surface area contributed by atoms with E-state index >= 15 is 0 Å². The Morgan fingerprint density at radius 1 is 0.929 bits per heavy atom. The van der Waals surface area contributed by atoms with Crippen molar-refractivity contribution in [3.63, 3.8) is 0 Å². The molecule has 0 bridgehead atoms. The molecule has 2 saturated heterocycles. The van der Waals surface area contributed by atoms with Crippen molar-refractivity contribution < 1.29 is 27.4 Å². The molecule has 2 rings (SSSR count). The molecular weight excluding hydrogens is 484 g/mol. The van der Waals surface area contributed by atoms with Gasteiger partial charge in [-0.2, -0.15) is 0 Å². The third-order valence-electron chi connectivity index (χ3n) is 0.730. The van der Waals surface area contributed by atoms with E-state index in [0.717, 1.165) is 0 Å². The van der Waals surface area contributed by atoms with E-state index in [9.17, 15) is 12.6 Å². The van der Waals surface area contributed by atoms with Crippen molar-refractivity contribution >= 4 is 77.0 Å².